The fourth-order valence-corrected chi connectivity index (χ4v) is 2.84. The van der Waals surface area contributed by atoms with Gasteiger partial charge in [-0.1, -0.05) is 11.6 Å². The number of rotatable bonds is 2. The number of imidazole rings is 1. The second kappa shape index (κ2) is 4.19. The third kappa shape index (κ3) is 1.67. The van der Waals surface area contributed by atoms with Gasteiger partial charge in [0.25, 0.3) is 5.19 Å². The Morgan fingerprint density at radius 3 is 3.10 bits per heavy atom. The molecule has 0 aliphatic heterocycles. The van der Waals surface area contributed by atoms with E-state index >= 15 is 0 Å². The van der Waals surface area contributed by atoms with E-state index in [1.165, 1.54) is 11.3 Å². The minimum atomic E-state index is 0.415. The van der Waals surface area contributed by atoms with Crippen LogP contribution < -0.4 is 4.74 Å². The summed E-state index contributed by atoms with van der Waals surface area (Å²) in [4.78, 5) is 9.22. The van der Waals surface area contributed by atoms with Gasteiger partial charge in [0.2, 0.25) is 4.96 Å². The van der Waals surface area contributed by atoms with Crippen molar-refractivity contribution in [3.8, 4) is 16.6 Å². The van der Waals surface area contributed by atoms with Gasteiger partial charge in [-0.05, 0) is 23.5 Å². The lowest BCUT2D eigenvalue weighted by Crippen LogP contribution is -1.84. The first kappa shape index (κ1) is 11.7. The quantitative estimate of drug-likeness (QED) is 0.532. The Kier molecular flexibility index (Phi) is 2.45. The Morgan fingerprint density at radius 1 is 1.45 bits per heavy atom. The van der Waals surface area contributed by atoms with E-state index in [9.17, 15) is 0 Å². The van der Waals surface area contributed by atoms with Crippen LogP contribution in [0.4, 0.5) is 0 Å². The van der Waals surface area contributed by atoms with E-state index in [1.54, 1.807) is 30.1 Å². The molecule has 6 nitrogen and oxygen atoms in total. The lowest BCUT2D eigenvalue weighted by molar-refractivity contribution is 0.405. The van der Waals surface area contributed by atoms with E-state index in [4.69, 9.17) is 20.8 Å². The van der Waals surface area contributed by atoms with Crippen molar-refractivity contribution >= 4 is 38.9 Å². The lowest BCUT2D eigenvalue weighted by atomic mass is 10.3. The number of furan rings is 1. The van der Waals surface area contributed by atoms with Gasteiger partial charge in [0.05, 0.1) is 18.7 Å². The molecule has 100 valence electrons. The Bertz CT molecular complexity index is 895. The standard InChI is InChI=1S/C12H7ClN4O2S/c1-18-12-16-17-5-7(15-11(17)20-12)9-4-6-8(19-9)2-3-14-10(6)13/h2-5H,1H3. The summed E-state index contributed by atoms with van der Waals surface area (Å²) >= 11 is 7.39. The lowest BCUT2D eigenvalue weighted by Gasteiger charge is -1.88. The molecule has 0 bridgehead atoms. The van der Waals surface area contributed by atoms with E-state index in [0.29, 0.717) is 27.4 Å². The molecule has 4 heterocycles. The molecule has 4 aromatic heterocycles. The smallest absolute Gasteiger partial charge is 0.294 e. The highest BCUT2D eigenvalue weighted by Crippen LogP contribution is 2.31. The molecule has 0 spiro atoms. The fourth-order valence-electron chi connectivity index (χ4n) is 1.94. The van der Waals surface area contributed by atoms with Crippen molar-refractivity contribution in [2.24, 2.45) is 0 Å². The maximum absolute atomic E-state index is 6.03. The van der Waals surface area contributed by atoms with Crippen LogP contribution in [0.1, 0.15) is 0 Å². The molecule has 4 rings (SSSR count). The molecule has 0 saturated carbocycles. The van der Waals surface area contributed by atoms with Crippen LogP contribution in [0.3, 0.4) is 0 Å². The van der Waals surface area contributed by atoms with Crippen LogP contribution in [0.2, 0.25) is 5.15 Å². The normalized spacial score (nSPS) is 11.5. The average Bonchev–Trinajstić information content (AvgIpc) is 3.09. The highest BCUT2D eigenvalue weighted by atomic mass is 35.5. The Labute approximate surface area is 121 Å². The van der Waals surface area contributed by atoms with Gasteiger partial charge in [-0.15, -0.1) is 5.10 Å². The van der Waals surface area contributed by atoms with Crippen molar-refractivity contribution in [1.82, 2.24) is 19.6 Å². The van der Waals surface area contributed by atoms with Crippen LogP contribution in [0.25, 0.3) is 27.4 Å². The first-order valence-corrected chi connectivity index (χ1v) is 6.88. The van der Waals surface area contributed by atoms with Gasteiger partial charge in [0, 0.05) is 6.20 Å². The second-order valence-corrected chi connectivity index (χ2v) is 5.33. The van der Waals surface area contributed by atoms with Crippen LogP contribution in [0.5, 0.6) is 5.19 Å². The zero-order valence-corrected chi connectivity index (χ0v) is 11.8. The molecule has 8 heteroatoms. The number of hydrogen-bond acceptors (Lipinski definition) is 6. The van der Waals surface area contributed by atoms with Crippen LogP contribution in [0.15, 0.2) is 28.9 Å². The van der Waals surface area contributed by atoms with Gasteiger partial charge in [-0.3, -0.25) is 0 Å². The predicted molar refractivity (Wildman–Crippen MR) is 75.4 cm³/mol. The summed E-state index contributed by atoms with van der Waals surface area (Å²) in [5, 5.41) is 5.97. The number of methoxy groups -OCH3 is 1. The van der Waals surface area contributed by atoms with E-state index in [2.05, 4.69) is 15.1 Å². The first-order valence-electron chi connectivity index (χ1n) is 5.69. The van der Waals surface area contributed by atoms with Crippen molar-refractivity contribution in [3.63, 3.8) is 0 Å². The van der Waals surface area contributed by atoms with Crippen LogP contribution in [-0.4, -0.2) is 26.7 Å². The summed E-state index contributed by atoms with van der Waals surface area (Å²) in [6.07, 6.45) is 3.39. The van der Waals surface area contributed by atoms with Gasteiger partial charge in [-0.25, -0.2) is 14.5 Å². The summed E-state index contributed by atoms with van der Waals surface area (Å²) in [6, 6.07) is 3.60. The van der Waals surface area contributed by atoms with Gasteiger partial charge < -0.3 is 9.15 Å². The van der Waals surface area contributed by atoms with Crippen molar-refractivity contribution in [2.75, 3.05) is 7.11 Å². The average molecular weight is 307 g/mol. The van der Waals surface area contributed by atoms with Gasteiger partial charge in [0.1, 0.15) is 16.4 Å². The van der Waals surface area contributed by atoms with E-state index in [-0.39, 0.29) is 0 Å². The van der Waals surface area contributed by atoms with Crippen molar-refractivity contribution < 1.29 is 9.15 Å². The molecule has 0 amide bonds. The molecular formula is C12H7ClN4O2S. The van der Waals surface area contributed by atoms with Crippen LogP contribution in [0, 0.1) is 0 Å². The number of fused-ring (bicyclic) bond motifs is 2. The summed E-state index contributed by atoms with van der Waals surface area (Å²) in [5.41, 5.74) is 1.38. The molecule has 0 N–H and O–H groups in total. The maximum atomic E-state index is 6.03. The highest BCUT2D eigenvalue weighted by Gasteiger charge is 2.14. The van der Waals surface area contributed by atoms with Gasteiger partial charge in [-0.2, -0.15) is 0 Å². The number of ether oxygens (including phenoxy) is 1. The van der Waals surface area contributed by atoms with E-state index < -0.39 is 0 Å². The molecule has 0 radical (unpaired) electrons. The molecule has 0 aliphatic rings. The maximum Gasteiger partial charge on any atom is 0.294 e. The van der Waals surface area contributed by atoms with Gasteiger partial charge >= 0.3 is 0 Å². The largest absolute Gasteiger partial charge is 0.472 e. The first-order chi connectivity index (χ1) is 9.74. The summed E-state index contributed by atoms with van der Waals surface area (Å²) in [7, 11) is 1.58. The number of pyridine rings is 1. The number of nitrogens with zero attached hydrogens (tertiary/aromatic N) is 4. The molecule has 0 atom stereocenters. The third-order valence-electron chi connectivity index (χ3n) is 2.85. The molecule has 4 aromatic rings. The van der Waals surface area contributed by atoms with E-state index in [1.807, 2.05) is 6.07 Å². The van der Waals surface area contributed by atoms with Gasteiger partial charge in [0.15, 0.2) is 5.76 Å². The van der Waals surface area contributed by atoms with Crippen LogP contribution in [-0.2, 0) is 0 Å². The number of halogens is 1. The molecule has 20 heavy (non-hydrogen) atoms. The highest BCUT2D eigenvalue weighted by molar-refractivity contribution is 7.18. The van der Waals surface area contributed by atoms with E-state index in [0.717, 1.165) is 10.3 Å². The molecule has 0 aromatic carbocycles. The predicted octanol–water partition coefficient (Wildman–Crippen LogP) is 3.26. The van der Waals surface area contributed by atoms with Crippen molar-refractivity contribution in [1.29, 1.82) is 0 Å². The Hall–Kier alpha value is -2.12. The SMILES string of the molecule is COc1nn2cc(-c3cc4c(Cl)nccc4o3)nc2s1. The topological polar surface area (TPSA) is 65.5 Å². The second-order valence-electron chi connectivity index (χ2n) is 4.05. The minimum absolute atomic E-state index is 0.415. The number of aromatic nitrogens is 4. The zero-order valence-electron chi connectivity index (χ0n) is 10.2. The summed E-state index contributed by atoms with van der Waals surface area (Å²) in [6.45, 7) is 0. The molecular weight excluding hydrogens is 300 g/mol. The third-order valence-corrected chi connectivity index (χ3v) is 4.03. The minimum Gasteiger partial charge on any atom is -0.472 e. The molecule has 0 unspecified atom stereocenters. The van der Waals surface area contributed by atoms with Crippen molar-refractivity contribution in [2.45, 2.75) is 0 Å². The van der Waals surface area contributed by atoms with Crippen molar-refractivity contribution in [3.05, 3.63) is 29.7 Å². The molecule has 0 fully saturated rings. The Balaban J connectivity index is 1.87. The zero-order chi connectivity index (χ0) is 13.7. The monoisotopic (exact) mass is 306 g/mol. The fraction of sp³-hybridized carbons (Fsp3) is 0.0833. The molecule has 0 saturated heterocycles. The Morgan fingerprint density at radius 2 is 2.35 bits per heavy atom. The number of hydrogen-bond donors (Lipinski definition) is 0. The summed E-state index contributed by atoms with van der Waals surface area (Å²) in [5.74, 6) is 0.631. The molecule has 0 aliphatic carbocycles. The van der Waals surface area contributed by atoms with Crippen LogP contribution >= 0.6 is 22.9 Å². The summed E-state index contributed by atoms with van der Waals surface area (Å²) < 4.78 is 12.5.